The van der Waals surface area contributed by atoms with Gasteiger partial charge in [0.2, 0.25) is 11.8 Å². The van der Waals surface area contributed by atoms with Crippen LogP contribution in [0.3, 0.4) is 0 Å². The number of thioether (sulfide) groups is 2. The molecule has 10 nitrogen and oxygen atoms in total. The van der Waals surface area contributed by atoms with Crippen molar-refractivity contribution in [2.24, 2.45) is 0 Å². The third-order valence-electron chi connectivity index (χ3n) is 8.10. The van der Waals surface area contributed by atoms with E-state index in [1.54, 1.807) is 0 Å². The van der Waals surface area contributed by atoms with Gasteiger partial charge in [0.1, 0.15) is 0 Å². The Labute approximate surface area is 408 Å². The molecule has 0 aromatic heterocycles. The number of hydrogen-bond donors (Lipinski definition) is 2. The van der Waals surface area contributed by atoms with Crippen LogP contribution in [0.2, 0.25) is 0 Å². The molecule has 0 aliphatic heterocycles. The van der Waals surface area contributed by atoms with Gasteiger partial charge in [-0.2, -0.15) is 138 Å². The zero-order valence-corrected chi connectivity index (χ0v) is 40.2. The largest absolute Gasteiger partial charge is 2.00 e. The van der Waals surface area contributed by atoms with Gasteiger partial charge in [0.15, 0.2) is 0 Å². The number of nitrogens with one attached hydrogen (secondary N) is 2. The Morgan fingerprint density at radius 3 is 0.803 bits per heavy atom. The van der Waals surface area contributed by atoms with Crippen molar-refractivity contribution in [1.82, 2.24) is 10.6 Å². The van der Waals surface area contributed by atoms with E-state index in [9.17, 15) is 150 Å². The second kappa shape index (κ2) is 23.7. The number of rotatable bonds is 26. The summed E-state index contributed by atoms with van der Waals surface area (Å²) in [4.78, 5) is 23.3. The molecule has 0 unspecified atom stereocenters. The average molecular weight is 1200 g/mol. The second-order valence-electron chi connectivity index (χ2n) is 15.5. The van der Waals surface area contributed by atoms with Crippen molar-refractivity contribution in [2.75, 3.05) is 34.5 Å². The molecule has 0 aromatic carbocycles. The van der Waals surface area contributed by atoms with Gasteiger partial charge in [-0.25, -0.2) is 16.8 Å². The molecule has 0 aromatic rings. The predicted octanol–water partition coefficient (Wildman–Crippen LogP) is 8.98. The molecule has 0 rings (SSSR count). The topological polar surface area (TPSA) is 173 Å². The fraction of sp³-hybridized carbons (Fsp3) is 0.933. The van der Waals surface area contributed by atoms with E-state index in [-0.39, 0.29) is 46.6 Å². The van der Waals surface area contributed by atoms with Crippen LogP contribution in [-0.4, -0.2) is 178 Å². The number of carbonyl (C=O) groups excluding carboxylic acids is 2. The Bertz CT molecular complexity index is 1860. The van der Waals surface area contributed by atoms with Gasteiger partial charge in [-0.3, -0.25) is 9.59 Å². The minimum absolute atomic E-state index is 0. The molecule has 0 fully saturated rings. The minimum atomic E-state index is -7.96. The van der Waals surface area contributed by atoms with Gasteiger partial charge in [-0.1, -0.05) is 0 Å². The van der Waals surface area contributed by atoms with E-state index >= 15 is 0 Å². The molecule has 0 radical (unpaired) electrons. The van der Waals surface area contributed by atoms with Gasteiger partial charge in [0.05, 0.1) is 31.7 Å². The summed E-state index contributed by atoms with van der Waals surface area (Å²) in [7, 11) is -9.55. The van der Waals surface area contributed by atoms with Gasteiger partial charge < -0.3 is 19.7 Å². The fourth-order valence-electron chi connectivity index (χ4n) is 4.69. The summed E-state index contributed by atoms with van der Waals surface area (Å²) >= 11 is 0.354. The van der Waals surface area contributed by atoms with Crippen molar-refractivity contribution in [3.63, 3.8) is 0 Å². The summed E-state index contributed by atoms with van der Waals surface area (Å²) in [5.41, 5.74) is -3.15. The Balaban J connectivity index is -0.00000128. The first-order valence-electron chi connectivity index (χ1n) is 17.7. The summed E-state index contributed by atoms with van der Waals surface area (Å²) < 4.78 is 402. The van der Waals surface area contributed by atoms with Crippen molar-refractivity contribution >= 4 is 78.6 Å². The maximum Gasteiger partial charge on any atom is 2.00 e. The van der Waals surface area contributed by atoms with E-state index in [2.05, 4.69) is 10.6 Å². The van der Waals surface area contributed by atoms with E-state index in [4.69, 9.17) is 0 Å². The molecule has 71 heavy (non-hydrogen) atoms. The third kappa shape index (κ3) is 18.3. The first kappa shape index (κ1) is 73.6. The first-order valence-corrected chi connectivity index (χ1v) is 23.1. The fourth-order valence-corrected chi connectivity index (χ4v) is 8.47. The van der Waals surface area contributed by atoms with Gasteiger partial charge in [0, 0.05) is 48.3 Å². The van der Waals surface area contributed by atoms with Gasteiger partial charge in [-0.15, -0.1) is 0 Å². The number of halogens is 26. The Hall–Kier alpha value is -1.59. The predicted molar refractivity (Wildman–Crippen MR) is 194 cm³/mol. The Morgan fingerprint density at radius 2 is 0.606 bits per heavy atom. The van der Waals surface area contributed by atoms with Crippen molar-refractivity contribution in [2.45, 2.75) is 136 Å². The SMILES string of the molecule is CC(C)(CS(=O)(=O)[O-])NC(=O)CCSCCC(F)(F)C(F)(F)C(F)(F)C(F)(F)C(F)(F)C(F)(F)F.CC(C)(CS(=O)(=O)[O-])NC(=O)CCSCCC(F)(F)C(F)(F)C(F)(F)C(F)(F)C(F)(F)C(F)(F)F.[Mg+2]. The zero-order valence-electron chi connectivity index (χ0n) is 35.5. The zero-order chi connectivity index (χ0) is 57.1. The first-order chi connectivity index (χ1) is 30.1. The maximum absolute atomic E-state index is 13.6. The van der Waals surface area contributed by atoms with Crippen LogP contribution >= 0.6 is 23.5 Å². The van der Waals surface area contributed by atoms with Crippen molar-refractivity contribution < 1.29 is 150 Å². The second-order valence-corrected chi connectivity index (χ2v) is 20.8. The Morgan fingerprint density at radius 1 is 0.394 bits per heavy atom. The molecule has 0 saturated heterocycles. The van der Waals surface area contributed by atoms with E-state index in [1.165, 1.54) is 0 Å². The van der Waals surface area contributed by atoms with Gasteiger partial charge >= 0.3 is 94.6 Å². The van der Waals surface area contributed by atoms with Crippen LogP contribution in [-0.2, 0) is 29.8 Å². The molecular weight excluding hydrogens is 1160 g/mol. The van der Waals surface area contributed by atoms with Crippen LogP contribution in [0.1, 0.15) is 53.4 Å². The average Bonchev–Trinajstić information content (AvgIpc) is 3.07. The number of alkyl halides is 26. The molecule has 0 heterocycles. The van der Waals surface area contributed by atoms with Crippen LogP contribution in [0.15, 0.2) is 0 Å². The molecule has 0 atom stereocenters. The van der Waals surface area contributed by atoms with E-state index in [1.807, 2.05) is 0 Å². The standard InChI is InChI=1S/2C15H18F13NO4S2.Mg/c2*1-9(2,7-35(31,32)33)29-8(30)3-5-34-6-4-10(16,17)11(18,19)12(20,21)13(22,23)14(24,25)15(26,27)28;/h2*3-7H2,1-2H3,(H,29,30)(H,31,32,33);/q;;+2/p-2. The molecule has 0 saturated carbocycles. The van der Waals surface area contributed by atoms with E-state index in [0.29, 0.717) is 0 Å². The van der Waals surface area contributed by atoms with Gasteiger partial charge in [-0.05, 0) is 39.2 Å². The van der Waals surface area contributed by atoms with E-state index < -0.39 is 175 Å². The van der Waals surface area contributed by atoms with Crippen molar-refractivity contribution in [3.05, 3.63) is 0 Å². The molecule has 41 heteroatoms. The van der Waals surface area contributed by atoms with Crippen LogP contribution in [0.25, 0.3) is 0 Å². The molecule has 0 spiro atoms. The maximum atomic E-state index is 13.6. The van der Waals surface area contributed by atoms with Gasteiger partial charge in [0.25, 0.3) is 0 Å². The summed E-state index contributed by atoms with van der Waals surface area (Å²) in [6.45, 7) is 4.48. The van der Waals surface area contributed by atoms with E-state index in [0.717, 1.165) is 27.7 Å². The normalized spacial score (nSPS) is 15.1. The number of carbonyl (C=O) groups is 2. The summed E-state index contributed by atoms with van der Waals surface area (Å²) in [5.74, 6) is -81.9. The molecule has 2 N–H and O–H groups in total. The number of hydrogen-bond acceptors (Lipinski definition) is 10. The summed E-state index contributed by atoms with van der Waals surface area (Å²) in [5, 5.41) is 4.12. The van der Waals surface area contributed by atoms with Crippen molar-refractivity contribution in [3.8, 4) is 0 Å². The minimum Gasteiger partial charge on any atom is -0.748 e. The molecule has 0 aliphatic carbocycles. The third-order valence-corrected chi connectivity index (χ3v) is 12.2. The molecule has 0 aliphatic rings. The Kier molecular flexibility index (Phi) is 24.6. The number of amides is 2. The van der Waals surface area contributed by atoms with Crippen LogP contribution < -0.4 is 10.6 Å². The van der Waals surface area contributed by atoms with Crippen LogP contribution in [0, 0.1) is 0 Å². The molecule has 2 amide bonds. The summed E-state index contributed by atoms with van der Waals surface area (Å²) in [6, 6.07) is 0. The quantitative estimate of drug-likeness (QED) is 0.0369. The summed E-state index contributed by atoms with van der Waals surface area (Å²) in [6.07, 6.45) is -21.0. The monoisotopic (exact) mass is 1200 g/mol. The molecular formula is C30H34F26MgN2O8S4. The molecule has 0 bridgehead atoms. The van der Waals surface area contributed by atoms with Crippen LogP contribution in [0.4, 0.5) is 114 Å². The van der Waals surface area contributed by atoms with Crippen molar-refractivity contribution in [1.29, 1.82) is 0 Å². The van der Waals surface area contributed by atoms with Crippen LogP contribution in [0.5, 0.6) is 0 Å². The molecule has 420 valence electrons. The smallest absolute Gasteiger partial charge is 0.748 e.